The third-order valence-electron chi connectivity index (χ3n) is 8.22. The molecule has 2 aromatic carbocycles. The first-order valence-corrected chi connectivity index (χ1v) is 14.3. The van der Waals surface area contributed by atoms with Crippen molar-refractivity contribution in [1.82, 2.24) is 9.80 Å². The molecule has 0 radical (unpaired) electrons. The van der Waals surface area contributed by atoms with E-state index in [0.717, 1.165) is 57.6 Å². The minimum Gasteiger partial charge on any atom is -0.491 e. The molecule has 1 aliphatic carbocycles. The second-order valence-electron chi connectivity index (χ2n) is 10.6. The van der Waals surface area contributed by atoms with Crippen molar-refractivity contribution in [2.24, 2.45) is 5.41 Å². The summed E-state index contributed by atoms with van der Waals surface area (Å²) in [6.07, 6.45) is 4.00. The van der Waals surface area contributed by atoms with E-state index >= 15 is 0 Å². The Hall–Kier alpha value is -1.17. The molecule has 3 fully saturated rings. The molecule has 194 valence electrons. The van der Waals surface area contributed by atoms with E-state index < -0.39 is 4.33 Å². The SMILES string of the molecule is CC(C)Oc1ccc(C2C(Cl)(Cl)C23CCN(C2CCN(C(=O)c4cccc(Cl)c4Cl)CC2)CC3)cc1. The number of nitrogens with zero attached hydrogens (tertiary/aromatic N) is 2. The lowest BCUT2D eigenvalue weighted by Crippen LogP contribution is -2.49. The fourth-order valence-electron chi connectivity index (χ4n) is 6.23. The van der Waals surface area contributed by atoms with Crippen LogP contribution in [-0.2, 0) is 0 Å². The highest BCUT2D eigenvalue weighted by molar-refractivity contribution is 6.52. The quantitative estimate of drug-likeness (QED) is 0.351. The molecule has 5 rings (SSSR count). The summed E-state index contributed by atoms with van der Waals surface area (Å²) in [6, 6.07) is 13.9. The summed E-state index contributed by atoms with van der Waals surface area (Å²) in [5, 5.41) is 0.742. The van der Waals surface area contributed by atoms with Crippen LogP contribution >= 0.6 is 46.4 Å². The summed E-state index contributed by atoms with van der Waals surface area (Å²) in [6.45, 7) is 7.44. The van der Waals surface area contributed by atoms with Crippen molar-refractivity contribution in [3.8, 4) is 5.75 Å². The number of ether oxygens (including phenoxy) is 1. The van der Waals surface area contributed by atoms with Gasteiger partial charge in [-0.2, -0.15) is 0 Å². The van der Waals surface area contributed by atoms with Crippen LogP contribution in [0.25, 0.3) is 0 Å². The van der Waals surface area contributed by atoms with Crippen LogP contribution in [0, 0.1) is 5.41 Å². The van der Waals surface area contributed by atoms with E-state index in [4.69, 9.17) is 51.1 Å². The molecule has 1 saturated carbocycles. The van der Waals surface area contributed by atoms with Gasteiger partial charge in [0.25, 0.3) is 5.91 Å². The summed E-state index contributed by atoms with van der Waals surface area (Å²) in [4.78, 5) is 17.5. The predicted octanol–water partition coefficient (Wildman–Crippen LogP) is 7.44. The lowest BCUT2D eigenvalue weighted by atomic mass is 9.87. The van der Waals surface area contributed by atoms with E-state index in [0.29, 0.717) is 21.7 Å². The normalized spacial score (nSPS) is 23.8. The van der Waals surface area contributed by atoms with Gasteiger partial charge in [0, 0.05) is 30.5 Å². The van der Waals surface area contributed by atoms with Gasteiger partial charge in [0.2, 0.25) is 0 Å². The maximum atomic E-state index is 13.0. The van der Waals surface area contributed by atoms with Gasteiger partial charge in [0.1, 0.15) is 10.1 Å². The number of hydrogen-bond acceptors (Lipinski definition) is 3. The number of piperidine rings is 2. The lowest BCUT2D eigenvalue weighted by molar-refractivity contribution is 0.0530. The third-order valence-corrected chi connectivity index (χ3v) is 10.2. The fraction of sp³-hybridized carbons (Fsp3) is 0.536. The number of benzene rings is 2. The number of hydrogen-bond donors (Lipinski definition) is 0. The second kappa shape index (κ2) is 10.2. The van der Waals surface area contributed by atoms with E-state index in [1.165, 1.54) is 5.56 Å². The first-order valence-electron chi connectivity index (χ1n) is 12.8. The van der Waals surface area contributed by atoms with Crippen molar-refractivity contribution in [2.75, 3.05) is 26.2 Å². The Morgan fingerprint density at radius 3 is 2.22 bits per heavy atom. The number of likely N-dealkylation sites (tertiary alicyclic amines) is 2. The third kappa shape index (κ3) is 4.73. The van der Waals surface area contributed by atoms with Gasteiger partial charge in [-0.15, -0.1) is 23.2 Å². The molecular formula is C28H32Cl4N2O2. The molecule has 3 aliphatic rings. The second-order valence-corrected chi connectivity index (χ2v) is 12.8. The van der Waals surface area contributed by atoms with Crippen molar-refractivity contribution >= 4 is 52.3 Å². The maximum Gasteiger partial charge on any atom is 0.255 e. The Bertz CT molecular complexity index is 1110. The molecule has 1 atom stereocenters. The summed E-state index contributed by atoms with van der Waals surface area (Å²) in [7, 11) is 0. The van der Waals surface area contributed by atoms with Gasteiger partial charge in [-0.3, -0.25) is 4.79 Å². The molecule has 8 heteroatoms. The average molecular weight is 570 g/mol. The van der Waals surface area contributed by atoms with E-state index in [2.05, 4.69) is 17.0 Å². The molecular weight excluding hydrogens is 538 g/mol. The molecule has 4 nitrogen and oxygen atoms in total. The largest absolute Gasteiger partial charge is 0.491 e. The monoisotopic (exact) mass is 568 g/mol. The zero-order valence-corrected chi connectivity index (χ0v) is 23.7. The lowest BCUT2D eigenvalue weighted by Gasteiger charge is -2.42. The Morgan fingerprint density at radius 2 is 1.61 bits per heavy atom. The van der Waals surface area contributed by atoms with Gasteiger partial charge >= 0.3 is 0 Å². The topological polar surface area (TPSA) is 32.8 Å². The van der Waals surface area contributed by atoms with Crippen molar-refractivity contribution in [3.05, 3.63) is 63.6 Å². The standard InChI is InChI=1S/C28H32Cl4N2O2/c1-18(2)36-21-8-6-19(7-9-21)25-27(28(25,31)32)12-16-33(17-13-27)20-10-14-34(15-11-20)26(35)22-4-3-5-23(29)24(22)30/h3-9,18,20,25H,10-17H2,1-2H3. The van der Waals surface area contributed by atoms with Gasteiger partial charge in [-0.1, -0.05) is 41.4 Å². The summed E-state index contributed by atoms with van der Waals surface area (Å²) < 4.78 is 5.06. The molecule has 2 heterocycles. The molecule has 1 unspecified atom stereocenters. The van der Waals surface area contributed by atoms with Crippen molar-refractivity contribution in [1.29, 1.82) is 0 Å². The van der Waals surface area contributed by atoms with Crippen LogP contribution in [0.15, 0.2) is 42.5 Å². The smallest absolute Gasteiger partial charge is 0.255 e. The van der Waals surface area contributed by atoms with Gasteiger partial charge in [-0.25, -0.2) is 0 Å². The zero-order chi connectivity index (χ0) is 25.7. The number of alkyl halides is 2. The number of carbonyl (C=O) groups is 1. The van der Waals surface area contributed by atoms with E-state index in [9.17, 15) is 4.79 Å². The summed E-state index contributed by atoms with van der Waals surface area (Å²) in [5.74, 6) is 0.971. The van der Waals surface area contributed by atoms with Crippen LogP contribution in [-0.4, -0.2) is 58.4 Å². The van der Waals surface area contributed by atoms with Crippen LogP contribution in [0.4, 0.5) is 0 Å². The summed E-state index contributed by atoms with van der Waals surface area (Å²) >= 11 is 26.2. The van der Waals surface area contributed by atoms with E-state index in [1.807, 2.05) is 30.9 Å². The first-order chi connectivity index (χ1) is 17.1. The minimum absolute atomic E-state index is 0.0433. The van der Waals surface area contributed by atoms with Crippen LogP contribution in [0.3, 0.4) is 0 Å². The molecule has 0 bridgehead atoms. The van der Waals surface area contributed by atoms with Gasteiger partial charge in [0.15, 0.2) is 0 Å². The molecule has 0 N–H and O–H groups in total. The Labute approximate surface area is 233 Å². The zero-order valence-electron chi connectivity index (χ0n) is 20.7. The highest BCUT2D eigenvalue weighted by Gasteiger charge is 2.75. The molecule has 36 heavy (non-hydrogen) atoms. The predicted molar refractivity (Wildman–Crippen MR) is 148 cm³/mol. The Kier molecular flexibility index (Phi) is 7.48. The van der Waals surface area contributed by atoms with Gasteiger partial charge in [-0.05, 0) is 82.4 Å². The highest BCUT2D eigenvalue weighted by atomic mass is 35.5. The minimum atomic E-state index is -0.731. The van der Waals surface area contributed by atoms with Crippen LogP contribution < -0.4 is 4.74 Å². The van der Waals surface area contributed by atoms with Crippen molar-refractivity contribution in [3.63, 3.8) is 0 Å². The van der Waals surface area contributed by atoms with Crippen LogP contribution in [0.1, 0.15) is 61.4 Å². The number of amides is 1. The molecule has 1 spiro atoms. The van der Waals surface area contributed by atoms with Crippen molar-refractivity contribution < 1.29 is 9.53 Å². The van der Waals surface area contributed by atoms with E-state index in [1.54, 1.807) is 18.2 Å². The van der Waals surface area contributed by atoms with Crippen LogP contribution in [0.5, 0.6) is 5.75 Å². The molecule has 2 saturated heterocycles. The van der Waals surface area contributed by atoms with E-state index in [-0.39, 0.29) is 23.3 Å². The molecule has 0 aromatic heterocycles. The van der Waals surface area contributed by atoms with Crippen LogP contribution in [0.2, 0.25) is 10.0 Å². The highest BCUT2D eigenvalue weighted by Crippen LogP contribution is 2.78. The Balaban J connectivity index is 1.17. The molecule has 2 aliphatic heterocycles. The summed E-state index contributed by atoms with van der Waals surface area (Å²) in [5.41, 5.74) is 1.59. The Morgan fingerprint density at radius 1 is 0.972 bits per heavy atom. The number of rotatable bonds is 5. The number of carbonyl (C=O) groups excluding carboxylic acids is 1. The molecule has 1 amide bonds. The first kappa shape index (κ1) is 26.4. The average Bonchev–Trinajstić information content (AvgIpc) is 3.33. The maximum absolute atomic E-state index is 13.0. The van der Waals surface area contributed by atoms with Gasteiger partial charge in [0.05, 0.1) is 21.7 Å². The molecule has 2 aromatic rings. The van der Waals surface area contributed by atoms with Gasteiger partial charge < -0.3 is 14.5 Å². The fourth-order valence-corrected chi connectivity index (χ4v) is 7.77. The van der Waals surface area contributed by atoms with Crippen molar-refractivity contribution in [2.45, 2.75) is 61.9 Å². The number of halogens is 4.